The number of hydrogen-bond donors (Lipinski definition) is 3. The number of alkyl halides is 3. The Morgan fingerprint density at radius 3 is 2.42 bits per heavy atom. The van der Waals surface area contributed by atoms with Crippen LogP contribution in [0.3, 0.4) is 0 Å². The summed E-state index contributed by atoms with van der Waals surface area (Å²) in [4.78, 5) is 28.3. The topological polar surface area (TPSA) is 132 Å². The van der Waals surface area contributed by atoms with Gasteiger partial charge in [0, 0.05) is 54.9 Å². The minimum atomic E-state index is -4.74. The number of likely N-dealkylation sites (N-methyl/N-ethyl adjacent to an activating group) is 1. The van der Waals surface area contributed by atoms with E-state index in [0.29, 0.717) is 42.1 Å². The molecule has 4 rings (SSSR count). The number of aromatic nitrogens is 3. The summed E-state index contributed by atoms with van der Waals surface area (Å²) in [5.74, 6) is -0.900. The van der Waals surface area contributed by atoms with E-state index in [1.54, 1.807) is 29.2 Å². The normalized spacial score (nSPS) is 14.1. The Balaban J connectivity index is 1.49. The molecule has 1 fully saturated rings. The second-order valence-electron chi connectivity index (χ2n) is 9.35. The number of likely N-dealkylation sites (tertiary alicyclic amines) is 1. The van der Waals surface area contributed by atoms with Crippen LogP contribution in [0.1, 0.15) is 28.4 Å². The lowest BCUT2D eigenvalue weighted by molar-refractivity contribution is -0.137. The molecular formula is C25H29F3N8O3S. The van der Waals surface area contributed by atoms with Crippen molar-refractivity contribution in [3.05, 3.63) is 65.5 Å². The summed E-state index contributed by atoms with van der Waals surface area (Å²) < 4.78 is 67.3. The van der Waals surface area contributed by atoms with Crippen molar-refractivity contribution >= 4 is 39.2 Å². The molecular weight excluding hydrogens is 549 g/mol. The molecule has 40 heavy (non-hydrogen) atoms. The number of amides is 1. The van der Waals surface area contributed by atoms with Crippen LogP contribution in [-0.2, 0) is 22.7 Å². The third kappa shape index (κ3) is 6.96. The van der Waals surface area contributed by atoms with Crippen molar-refractivity contribution in [2.75, 3.05) is 48.3 Å². The predicted molar refractivity (Wildman–Crippen MR) is 145 cm³/mol. The standard InChI is InChI=1S/C25H29F3N8O3S/c1-4-40(38,39)34-21-17(6-5-11-29-21)12-30-22-20(25(26,27)28)13-31-24(33-22)32-18-9-7-16(8-10-18)23(37)36-14-19(15-36)35(2)3/h5-11,13,19H,4,12,14-15H2,1-3H3,(H,29,34)(H2,30,31,32,33). The van der Waals surface area contributed by atoms with Crippen LogP contribution in [0.15, 0.2) is 48.8 Å². The number of carbonyl (C=O) groups excluding carboxylic acids is 1. The van der Waals surface area contributed by atoms with Crippen LogP contribution < -0.4 is 15.4 Å². The lowest BCUT2D eigenvalue weighted by atomic mass is 10.1. The molecule has 1 saturated heterocycles. The second kappa shape index (κ2) is 11.6. The molecule has 1 aromatic carbocycles. The van der Waals surface area contributed by atoms with Crippen LogP contribution in [-0.4, -0.2) is 78.1 Å². The van der Waals surface area contributed by atoms with E-state index >= 15 is 0 Å². The van der Waals surface area contributed by atoms with E-state index in [1.807, 2.05) is 14.1 Å². The summed E-state index contributed by atoms with van der Waals surface area (Å²) in [6, 6.07) is 9.88. The number of benzene rings is 1. The number of sulfonamides is 1. The van der Waals surface area contributed by atoms with Crippen molar-refractivity contribution in [1.29, 1.82) is 0 Å². The molecule has 0 atom stereocenters. The molecule has 2 aromatic heterocycles. The van der Waals surface area contributed by atoms with Gasteiger partial charge in [0.15, 0.2) is 0 Å². The van der Waals surface area contributed by atoms with Gasteiger partial charge in [0.05, 0.1) is 5.75 Å². The van der Waals surface area contributed by atoms with Crippen LogP contribution in [0.2, 0.25) is 0 Å². The summed E-state index contributed by atoms with van der Waals surface area (Å²) in [6.45, 7) is 2.54. The number of carbonyl (C=O) groups is 1. The molecule has 11 nitrogen and oxygen atoms in total. The molecule has 3 N–H and O–H groups in total. The summed E-state index contributed by atoms with van der Waals surface area (Å²) in [7, 11) is 0.276. The molecule has 0 unspecified atom stereocenters. The first-order chi connectivity index (χ1) is 18.9. The minimum Gasteiger partial charge on any atom is -0.365 e. The first kappa shape index (κ1) is 29.0. The number of hydrogen-bond acceptors (Lipinski definition) is 9. The van der Waals surface area contributed by atoms with Crippen LogP contribution in [0.25, 0.3) is 0 Å². The molecule has 3 heterocycles. The predicted octanol–water partition coefficient (Wildman–Crippen LogP) is 3.39. The monoisotopic (exact) mass is 578 g/mol. The SMILES string of the molecule is CCS(=O)(=O)Nc1ncccc1CNc1nc(Nc2ccc(C(=O)N3CC(N(C)C)C3)cc2)ncc1C(F)(F)F. The Hall–Kier alpha value is -3.98. The molecule has 3 aromatic rings. The van der Waals surface area contributed by atoms with E-state index in [1.165, 1.54) is 25.3 Å². The Morgan fingerprint density at radius 2 is 1.80 bits per heavy atom. The molecule has 0 saturated carbocycles. The Morgan fingerprint density at radius 1 is 1.10 bits per heavy atom. The average molecular weight is 579 g/mol. The van der Waals surface area contributed by atoms with Crippen LogP contribution in [0.5, 0.6) is 0 Å². The molecule has 1 amide bonds. The maximum Gasteiger partial charge on any atom is 0.421 e. The summed E-state index contributed by atoms with van der Waals surface area (Å²) >= 11 is 0. The van der Waals surface area contributed by atoms with Crippen molar-refractivity contribution in [2.24, 2.45) is 0 Å². The van der Waals surface area contributed by atoms with Gasteiger partial charge in [0.2, 0.25) is 16.0 Å². The minimum absolute atomic E-state index is 0.00270. The summed E-state index contributed by atoms with van der Waals surface area (Å²) in [5, 5.41) is 5.48. The zero-order chi connectivity index (χ0) is 29.1. The average Bonchev–Trinajstić information content (AvgIpc) is 2.86. The fourth-order valence-electron chi connectivity index (χ4n) is 3.81. The molecule has 0 bridgehead atoms. The quantitative estimate of drug-likeness (QED) is 0.331. The van der Waals surface area contributed by atoms with E-state index in [9.17, 15) is 26.4 Å². The lowest BCUT2D eigenvalue weighted by Crippen LogP contribution is -2.59. The largest absolute Gasteiger partial charge is 0.421 e. The molecule has 1 aliphatic heterocycles. The van der Waals surface area contributed by atoms with Gasteiger partial charge >= 0.3 is 6.18 Å². The van der Waals surface area contributed by atoms with Gasteiger partial charge < -0.3 is 20.4 Å². The third-order valence-corrected chi connectivity index (χ3v) is 7.60. The van der Waals surface area contributed by atoms with E-state index in [0.717, 1.165) is 0 Å². The zero-order valence-corrected chi connectivity index (χ0v) is 22.8. The molecule has 1 aliphatic rings. The summed E-state index contributed by atoms with van der Waals surface area (Å²) in [6.07, 6.45) is -2.72. The lowest BCUT2D eigenvalue weighted by Gasteiger charge is -2.42. The van der Waals surface area contributed by atoms with Gasteiger partial charge in [-0.3, -0.25) is 9.52 Å². The van der Waals surface area contributed by atoms with E-state index in [-0.39, 0.29) is 30.0 Å². The highest BCUT2D eigenvalue weighted by Crippen LogP contribution is 2.34. The number of pyridine rings is 1. The van der Waals surface area contributed by atoms with Gasteiger partial charge in [-0.15, -0.1) is 0 Å². The van der Waals surface area contributed by atoms with Crippen molar-refractivity contribution in [2.45, 2.75) is 25.7 Å². The first-order valence-corrected chi connectivity index (χ1v) is 14.0. The number of nitrogens with one attached hydrogen (secondary N) is 3. The fourth-order valence-corrected chi connectivity index (χ4v) is 4.43. The van der Waals surface area contributed by atoms with Crippen LogP contribution in [0.4, 0.5) is 36.4 Å². The Labute approximate surface area is 229 Å². The van der Waals surface area contributed by atoms with Gasteiger partial charge in [0.1, 0.15) is 17.2 Å². The van der Waals surface area contributed by atoms with Crippen molar-refractivity contribution in [3.8, 4) is 0 Å². The Kier molecular flexibility index (Phi) is 8.44. The van der Waals surface area contributed by atoms with Crippen molar-refractivity contribution in [3.63, 3.8) is 0 Å². The molecule has 214 valence electrons. The van der Waals surface area contributed by atoms with Crippen molar-refractivity contribution < 1.29 is 26.4 Å². The molecule has 0 spiro atoms. The maximum atomic E-state index is 13.7. The van der Waals surface area contributed by atoms with E-state index in [4.69, 9.17) is 0 Å². The van der Waals surface area contributed by atoms with Crippen molar-refractivity contribution in [1.82, 2.24) is 24.8 Å². The number of anilines is 4. The highest BCUT2D eigenvalue weighted by Gasteiger charge is 2.35. The highest BCUT2D eigenvalue weighted by molar-refractivity contribution is 7.92. The van der Waals surface area contributed by atoms with Gasteiger partial charge in [-0.05, 0) is 51.4 Å². The fraction of sp³-hybridized carbons (Fsp3) is 0.360. The maximum absolute atomic E-state index is 13.7. The molecule has 15 heteroatoms. The summed E-state index contributed by atoms with van der Waals surface area (Å²) in [5.41, 5.74) is 0.189. The van der Waals surface area contributed by atoms with E-state index < -0.39 is 27.6 Å². The Bertz CT molecular complexity index is 1460. The first-order valence-electron chi connectivity index (χ1n) is 12.3. The van der Waals surface area contributed by atoms with E-state index in [2.05, 4.69) is 35.2 Å². The second-order valence-corrected chi connectivity index (χ2v) is 11.4. The highest BCUT2D eigenvalue weighted by atomic mass is 32.2. The number of rotatable bonds is 10. The van der Waals surface area contributed by atoms with Gasteiger partial charge in [-0.1, -0.05) is 6.07 Å². The third-order valence-electron chi connectivity index (χ3n) is 6.33. The molecule has 0 aliphatic carbocycles. The van der Waals surface area contributed by atoms with Crippen LogP contribution in [0, 0.1) is 0 Å². The smallest absolute Gasteiger partial charge is 0.365 e. The number of nitrogens with zero attached hydrogens (tertiary/aromatic N) is 5. The van der Waals surface area contributed by atoms with Gasteiger partial charge in [-0.25, -0.2) is 18.4 Å². The van der Waals surface area contributed by atoms with Crippen LogP contribution >= 0.6 is 0 Å². The number of halogens is 3. The zero-order valence-electron chi connectivity index (χ0n) is 22.0. The van der Waals surface area contributed by atoms with Gasteiger partial charge in [0.25, 0.3) is 5.91 Å². The molecule has 0 radical (unpaired) electrons. The van der Waals surface area contributed by atoms with Gasteiger partial charge in [-0.2, -0.15) is 18.2 Å².